The fourth-order valence-electron chi connectivity index (χ4n) is 3.41. The number of halogens is 2. The normalized spacial score (nSPS) is 18.0. The Morgan fingerprint density at radius 2 is 1.59 bits per heavy atom. The number of benzene rings is 1. The molecule has 1 aliphatic carbocycles. The lowest BCUT2D eigenvalue weighted by Crippen LogP contribution is -2.02. The molecule has 4 aromatic rings. The highest BCUT2D eigenvalue weighted by Gasteiger charge is 2.41. The van der Waals surface area contributed by atoms with Crippen molar-refractivity contribution in [3.05, 3.63) is 78.1 Å². The van der Waals surface area contributed by atoms with E-state index < -0.39 is 11.6 Å². The van der Waals surface area contributed by atoms with Crippen LogP contribution in [-0.4, -0.2) is 34.8 Å². The standard InChI is InChI=1S/C20H14F2N6O/c21-16-4-11(5-17(18(16)22)28-10-13(29)9-27-28)14-6-15(14)12-7-25-20(26-8-12)19-23-2-1-3-24-19/h1-5,7-10,14-15,29H,6H2/t14-,15+/m0/s1. The highest BCUT2D eigenvalue weighted by Crippen LogP contribution is 2.54. The zero-order valence-electron chi connectivity index (χ0n) is 14.9. The van der Waals surface area contributed by atoms with Gasteiger partial charge in [0.15, 0.2) is 29.0 Å². The second-order valence-electron chi connectivity index (χ2n) is 6.84. The minimum Gasteiger partial charge on any atom is -0.505 e. The number of rotatable bonds is 4. The lowest BCUT2D eigenvalue weighted by Gasteiger charge is -2.08. The lowest BCUT2D eigenvalue weighted by molar-refractivity contribution is 0.474. The SMILES string of the molecule is Oc1cnn(-c2cc([C@@H]3C[C@@H]3c3cnc(-c4ncccn4)nc3)cc(F)c2F)c1. The molecule has 3 aromatic heterocycles. The van der Waals surface area contributed by atoms with Gasteiger partial charge in [-0.1, -0.05) is 0 Å². The van der Waals surface area contributed by atoms with Crippen LogP contribution in [0.15, 0.2) is 55.4 Å². The van der Waals surface area contributed by atoms with Gasteiger partial charge < -0.3 is 5.11 Å². The van der Waals surface area contributed by atoms with E-state index >= 15 is 0 Å². The monoisotopic (exact) mass is 392 g/mol. The first-order valence-electron chi connectivity index (χ1n) is 8.92. The molecule has 1 aliphatic rings. The molecule has 1 saturated carbocycles. The van der Waals surface area contributed by atoms with E-state index in [0.717, 1.165) is 16.7 Å². The topological polar surface area (TPSA) is 89.6 Å². The lowest BCUT2D eigenvalue weighted by atomic mass is 10.1. The van der Waals surface area contributed by atoms with Crippen molar-refractivity contribution in [2.75, 3.05) is 0 Å². The van der Waals surface area contributed by atoms with Gasteiger partial charge in [0.25, 0.3) is 0 Å². The Bertz CT molecular complexity index is 1180. The third-order valence-corrected chi connectivity index (χ3v) is 4.93. The van der Waals surface area contributed by atoms with E-state index in [9.17, 15) is 13.9 Å². The molecule has 0 spiro atoms. The molecule has 5 rings (SSSR count). The van der Waals surface area contributed by atoms with Crippen LogP contribution in [0.3, 0.4) is 0 Å². The summed E-state index contributed by atoms with van der Waals surface area (Å²) in [6.07, 6.45) is 9.85. The van der Waals surface area contributed by atoms with Gasteiger partial charge in [0, 0.05) is 24.8 Å². The van der Waals surface area contributed by atoms with Crippen LogP contribution in [-0.2, 0) is 0 Å². The Labute approximate surface area is 163 Å². The molecule has 1 N–H and O–H groups in total. The number of hydrogen-bond acceptors (Lipinski definition) is 6. The van der Waals surface area contributed by atoms with E-state index in [2.05, 4.69) is 25.0 Å². The molecule has 144 valence electrons. The smallest absolute Gasteiger partial charge is 0.197 e. The summed E-state index contributed by atoms with van der Waals surface area (Å²) in [5.74, 6) is -1.08. The molecule has 0 unspecified atom stereocenters. The quantitative estimate of drug-likeness (QED) is 0.573. The van der Waals surface area contributed by atoms with Crippen LogP contribution in [0.2, 0.25) is 0 Å². The van der Waals surface area contributed by atoms with E-state index in [1.54, 1.807) is 36.9 Å². The average molecular weight is 392 g/mol. The van der Waals surface area contributed by atoms with Crippen LogP contribution in [0.5, 0.6) is 5.75 Å². The van der Waals surface area contributed by atoms with Crippen LogP contribution in [0, 0.1) is 11.6 Å². The first-order chi connectivity index (χ1) is 14.1. The Balaban J connectivity index is 1.41. The molecule has 7 nitrogen and oxygen atoms in total. The highest BCUT2D eigenvalue weighted by molar-refractivity contribution is 5.45. The maximum Gasteiger partial charge on any atom is 0.197 e. The van der Waals surface area contributed by atoms with Crippen molar-refractivity contribution in [3.63, 3.8) is 0 Å². The summed E-state index contributed by atoms with van der Waals surface area (Å²) in [6.45, 7) is 0. The van der Waals surface area contributed by atoms with Gasteiger partial charge in [0.2, 0.25) is 0 Å². The van der Waals surface area contributed by atoms with E-state index in [1.165, 1.54) is 18.5 Å². The molecule has 2 atom stereocenters. The van der Waals surface area contributed by atoms with Crippen molar-refractivity contribution in [3.8, 4) is 23.1 Å². The molecular weight excluding hydrogens is 378 g/mol. The van der Waals surface area contributed by atoms with Crippen molar-refractivity contribution >= 4 is 0 Å². The van der Waals surface area contributed by atoms with Crippen LogP contribution >= 0.6 is 0 Å². The summed E-state index contributed by atoms with van der Waals surface area (Å²) in [5.41, 5.74) is 1.53. The summed E-state index contributed by atoms with van der Waals surface area (Å²) in [7, 11) is 0. The molecule has 3 heterocycles. The van der Waals surface area contributed by atoms with Gasteiger partial charge in [-0.15, -0.1) is 0 Å². The molecule has 1 aromatic carbocycles. The second kappa shape index (κ2) is 6.69. The van der Waals surface area contributed by atoms with Crippen molar-refractivity contribution < 1.29 is 13.9 Å². The van der Waals surface area contributed by atoms with E-state index in [4.69, 9.17) is 0 Å². The first kappa shape index (κ1) is 17.4. The number of hydrogen-bond donors (Lipinski definition) is 1. The van der Waals surface area contributed by atoms with E-state index in [-0.39, 0.29) is 23.3 Å². The summed E-state index contributed by atoms with van der Waals surface area (Å²) in [6, 6.07) is 4.48. The summed E-state index contributed by atoms with van der Waals surface area (Å²) >= 11 is 0. The Kier molecular flexibility index (Phi) is 4.01. The minimum atomic E-state index is -1.01. The van der Waals surface area contributed by atoms with Gasteiger partial charge in [0.05, 0.1) is 12.4 Å². The van der Waals surface area contributed by atoms with Crippen LogP contribution in [0.1, 0.15) is 29.4 Å². The Hall–Kier alpha value is -3.75. The molecule has 9 heteroatoms. The molecule has 0 amide bonds. The maximum atomic E-state index is 14.2. The Morgan fingerprint density at radius 1 is 0.897 bits per heavy atom. The third-order valence-electron chi connectivity index (χ3n) is 4.93. The van der Waals surface area contributed by atoms with E-state index in [1.807, 2.05) is 0 Å². The predicted molar refractivity (Wildman–Crippen MR) is 98.3 cm³/mol. The van der Waals surface area contributed by atoms with Gasteiger partial charge in [-0.3, -0.25) is 0 Å². The molecule has 0 saturated heterocycles. The molecular formula is C20H14F2N6O. The van der Waals surface area contributed by atoms with Crippen molar-refractivity contribution in [1.82, 2.24) is 29.7 Å². The van der Waals surface area contributed by atoms with Crippen molar-refractivity contribution in [2.24, 2.45) is 0 Å². The van der Waals surface area contributed by atoms with Gasteiger partial charge >= 0.3 is 0 Å². The summed E-state index contributed by atoms with van der Waals surface area (Å²) in [4.78, 5) is 16.9. The van der Waals surface area contributed by atoms with Crippen molar-refractivity contribution in [2.45, 2.75) is 18.3 Å². The summed E-state index contributed by atoms with van der Waals surface area (Å²) < 4.78 is 29.5. The van der Waals surface area contributed by atoms with Crippen LogP contribution in [0.4, 0.5) is 8.78 Å². The van der Waals surface area contributed by atoms with E-state index in [0.29, 0.717) is 17.2 Å². The summed E-state index contributed by atoms with van der Waals surface area (Å²) in [5, 5.41) is 13.3. The van der Waals surface area contributed by atoms with Crippen LogP contribution in [0.25, 0.3) is 17.3 Å². The third kappa shape index (κ3) is 3.20. The molecule has 0 radical (unpaired) electrons. The second-order valence-corrected chi connectivity index (χ2v) is 6.84. The number of aromatic nitrogens is 6. The zero-order valence-corrected chi connectivity index (χ0v) is 14.9. The predicted octanol–water partition coefficient (Wildman–Crippen LogP) is 3.37. The molecule has 0 aliphatic heterocycles. The van der Waals surface area contributed by atoms with Crippen LogP contribution < -0.4 is 0 Å². The average Bonchev–Trinajstić information content (AvgIpc) is 3.44. The maximum absolute atomic E-state index is 14.2. The minimum absolute atomic E-state index is 0.0236. The fourth-order valence-corrected chi connectivity index (χ4v) is 3.41. The fraction of sp³-hybridized carbons (Fsp3) is 0.150. The number of aromatic hydroxyl groups is 1. The van der Waals surface area contributed by atoms with Gasteiger partial charge in [0.1, 0.15) is 5.69 Å². The van der Waals surface area contributed by atoms with Gasteiger partial charge in [-0.2, -0.15) is 5.10 Å². The first-order valence-corrected chi connectivity index (χ1v) is 8.92. The molecule has 1 fully saturated rings. The highest BCUT2D eigenvalue weighted by atomic mass is 19.2. The van der Waals surface area contributed by atoms with Crippen molar-refractivity contribution in [1.29, 1.82) is 0 Å². The molecule has 29 heavy (non-hydrogen) atoms. The zero-order chi connectivity index (χ0) is 20.0. The Morgan fingerprint density at radius 3 is 2.28 bits per heavy atom. The largest absolute Gasteiger partial charge is 0.505 e. The molecule has 0 bridgehead atoms. The number of nitrogens with zero attached hydrogens (tertiary/aromatic N) is 6. The van der Waals surface area contributed by atoms with Gasteiger partial charge in [-0.05, 0) is 47.6 Å². The van der Waals surface area contributed by atoms with Gasteiger partial charge in [-0.25, -0.2) is 33.4 Å².